The van der Waals surface area contributed by atoms with Crippen LogP contribution in [0.5, 0.6) is 0 Å². The fourth-order valence-corrected chi connectivity index (χ4v) is 4.49. The molecule has 0 spiro atoms. The van der Waals surface area contributed by atoms with Gasteiger partial charge in [-0.3, -0.25) is 0 Å². The predicted octanol–water partition coefficient (Wildman–Crippen LogP) is 3.39. The zero-order valence-electron chi connectivity index (χ0n) is 7.97. The van der Waals surface area contributed by atoms with Crippen LogP contribution in [-0.2, 0) is 0 Å². The van der Waals surface area contributed by atoms with E-state index in [1.807, 2.05) is 0 Å². The fraction of sp³-hybridized carbons (Fsp3) is 0.833. The molecule has 4 rings (SSSR count). The Morgan fingerprint density at radius 2 is 1.75 bits per heavy atom. The lowest BCUT2D eigenvalue weighted by Crippen LogP contribution is -2.23. The third-order valence-corrected chi connectivity index (χ3v) is 4.84. The van der Waals surface area contributed by atoms with Crippen LogP contribution in [0.4, 0.5) is 0 Å². The molecule has 0 radical (unpaired) electrons. The topological polar surface area (TPSA) is 0 Å². The molecule has 66 valence electrons. The van der Waals surface area contributed by atoms with Crippen molar-refractivity contribution >= 4 is 0 Å². The van der Waals surface area contributed by atoms with Crippen molar-refractivity contribution in [3.63, 3.8) is 0 Å². The van der Waals surface area contributed by atoms with Crippen molar-refractivity contribution in [3.8, 4) is 0 Å². The van der Waals surface area contributed by atoms with E-state index in [1.165, 1.54) is 31.3 Å². The third-order valence-electron chi connectivity index (χ3n) is 4.84. The summed E-state index contributed by atoms with van der Waals surface area (Å²) in [6.07, 6.45) is 7.59. The second kappa shape index (κ2) is 1.97. The van der Waals surface area contributed by atoms with Crippen LogP contribution in [0.15, 0.2) is 12.2 Å². The monoisotopic (exact) mass is 162 g/mol. The van der Waals surface area contributed by atoms with Gasteiger partial charge in [0.1, 0.15) is 0 Å². The number of allylic oxidation sites excluding steroid dienone is 1. The highest BCUT2D eigenvalue weighted by molar-refractivity contribution is 5.20. The number of hydrogen-bond acceptors (Lipinski definition) is 0. The van der Waals surface area contributed by atoms with E-state index in [9.17, 15) is 0 Å². The Morgan fingerprint density at radius 1 is 1.17 bits per heavy atom. The molecule has 0 aromatic rings. The maximum atomic E-state index is 4.23. The molecule has 2 unspecified atom stereocenters. The normalized spacial score (nSPS) is 54.9. The average molecular weight is 162 g/mol. The van der Waals surface area contributed by atoms with E-state index < -0.39 is 0 Å². The first-order valence-electron chi connectivity index (χ1n) is 5.37. The first-order valence-corrected chi connectivity index (χ1v) is 5.37. The maximum Gasteiger partial charge on any atom is -0.00598 e. The minimum atomic E-state index is 0.633. The molecule has 0 N–H and O–H groups in total. The van der Waals surface area contributed by atoms with Crippen LogP contribution in [0.25, 0.3) is 0 Å². The Morgan fingerprint density at radius 3 is 2.17 bits per heavy atom. The standard InChI is InChI=1S/C12H18/c1-8(2)12-6-9-3-10(7-12)5-11(12)4-9/h9-11H,1,3-7H2,2H3. The molecular formula is C12H18. The summed E-state index contributed by atoms with van der Waals surface area (Å²) in [6.45, 7) is 6.49. The molecule has 4 fully saturated rings. The van der Waals surface area contributed by atoms with Crippen molar-refractivity contribution in [1.29, 1.82) is 0 Å². The summed E-state index contributed by atoms with van der Waals surface area (Å²) in [4.78, 5) is 0. The molecule has 0 aromatic carbocycles. The van der Waals surface area contributed by atoms with Gasteiger partial charge in [-0.05, 0) is 62.2 Å². The Balaban J connectivity index is 2.03. The summed E-state index contributed by atoms with van der Waals surface area (Å²) in [7, 11) is 0. The van der Waals surface area contributed by atoms with Crippen LogP contribution >= 0.6 is 0 Å². The third kappa shape index (κ3) is 0.654. The zero-order chi connectivity index (χ0) is 8.34. The Kier molecular flexibility index (Phi) is 1.18. The van der Waals surface area contributed by atoms with Crippen LogP contribution in [0.2, 0.25) is 0 Å². The first-order chi connectivity index (χ1) is 5.71. The van der Waals surface area contributed by atoms with Crippen molar-refractivity contribution in [2.75, 3.05) is 0 Å². The number of rotatable bonds is 1. The van der Waals surface area contributed by atoms with Gasteiger partial charge in [-0.1, -0.05) is 12.2 Å². The van der Waals surface area contributed by atoms with Gasteiger partial charge in [0, 0.05) is 0 Å². The van der Waals surface area contributed by atoms with Gasteiger partial charge < -0.3 is 0 Å². The number of hydrogen-bond donors (Lipinski definition) is 0. The van der Waals surface area contributed by atoms with Crippen molar-refractivity contribution in [2.24, 2.45) is 23.2 Å². The SMILES string of the molecule is C=C(C)C12CC3CC(CC1C3)C2. The van der Waals surface area contributed by atoms with E-state index in [-0.39, 0.29) is 0 Å². The highest BCUT2D eigenvalue weighted by Crippen LogP contribution is 2.67. The van der Waals surface area contributed by atoms with E-state index in [4.69, 9.17) is 0 Å². The molecule has 4 saturated carbocycles. The second-order valence-electron chi connectivity index (χ2n) is 5.48. The van der Waals surface area contributed by atoms with Crippen LogP contribution in [-0.4, -0.2) is 0 Å². The Hall–Kier alpha value is -0.260. The summed E-state index contributed by atoms with van der Waals surface area (Å²) < 4.78 is 0. The lowest BCUT2D eigenvalue weighted by Gasteiger charge is -2.33. The molecular weight excluding hydrogens is 144 g/mol. The smallest absolute Gasteiger partial charge is 0.00598 e. The van der Waals surface area contributed by atoms with Crippen molar-refractivity contribution in [3.05, 3.63) is 12.2 Å². The summed E-state index contributed by atoms with van der Waals surface area (Å²) in [6, 6.07) is 0. The van der Waals surface area contributed by atoms with Crippen LogP contribution in [0.1, 0.15) is 39.0 Å². The van der Waals surface area contributed by atoms with Crippen molar-refractivity contribution in [1.82, 2.24) is 0 Å². The van der Waals surface area contributed by atoms with Gasteiger partial charge in [0.25, 0.3) is 0 Å². The van der Waals surface area contributed by atoms with E-state index in [0.717, 1.165) is 17.8 Å². The maximum absolute atomic E-state index is 4.23. The van der Waals surface area contributed by atoms with Gasteiger partial charge in [0.05, 0.1) is 0 Å². The highest BCUT2D eigenvalue weighted by atomic mass is 14.6. The summed E-state index contributed by atoms with van der Waals surface area (Å²) in [5.41, 5.74) is 2.13. The molecule has 0 heterocycles. The molecule has 0 heteroatoms. The predicted molar refractivity (Wildman–Crippen MR) is 50.8 cm³/mol. The highest BCUT2D eigenvalue weighted by Gasteiger charge is 2.57. The van der Waals surface area contributed by atoms with Crippen LogP contribution in [0.3, 0.4) is 0 Å². The molecule has 12 heavy (non-hydrogen) atoms. The fourth-order valence-electron chi connectivity index (χ4n) is 4.49. The molecule has 0 saturated heterocycles. The molecule has 0 aliphatic heterocycles. The van der Waals surface area contributed by atoms with Gasteiger partial charge >= 0.3 is 0 Å². The Bertz CT molecular complexity index is 224. The summed E-state index contributed by atoms with van der Waals surface area (Å²) >= 11 is 0. The minimum Gasteiger partial charge on any atom is -0.0996 e. The molecule has 0 aromatic heterocycles. The van der Waals surface area contributed by atoms with Gasteiger partial charge in [0.2, 0.25) is 0 Å². The van der Waals surface area contributed by atoms with Crippen molar-refractivity contribution < 1.29 is 0 Å². The van der Waals surface area contributed by atoms with Gasteiger partial charge in [-0.2, -0.15) is 0 Å². The van der Waals surface area contributed by atoms with Gasteiger partial charge in [-0.15, -0.1) is 0 Å². The lowest BCUT2D eigenvalue weighted by molar-refractivity contribution is 0.241. The molecule has 0 amide bonds. The molecule has 4 aliphatic rings. The summed E-state index contributed by atoms with van der Waals surface area (Å²) in [5.74, 6) is 3.21. The van der Waals surface area contributed by atoms with Crippen LogP contribution in [0, 0.1) is 23.2 Å². The van der Waals surface area contributed by atoms with E-state index in [0.29, 0.717) is 5.41 Å². The quantitative estimate of drug-likeness (QED) is 0.518. The van der Waals surface area contributed by atoms with Crippen molar-refractivity contribution in [2.45, 2.75) is 39.0 Å². The molecule has 0 nitrogen and oxygen atoms in total. The minimum absolute atomic E-state index is 0.633. The van der Waals surface area contributed by atoms with E-state index >= 15 is 0 Å². The molecule has 4 bridgehead atoms. The van der Waals surface area contributed by atoms with E-state index in [1.54, 1.807) is 6.42 Å². The second-order valence-corrected chi connectivity index (χ2v) is 5.48. The Labute approximate surface area is 75.0 Å². The lowest BCUT2D eigenvalue weighted by atomic mass is 9.72. The van der Waals surface area contributed by atoms with Gasteiger partial charge in [0.15, 0.2) is 0 Å². The first kappa shape index (κ1) is 7.17. The average Bonchev–Trinajstić information content (AvgIpc) is 2.37. The van der Waals surface area contributed by atoms with E-state index in [2.05, 4.69) is 13.5 Å². The zero-order valence-corrected chi connectivity index (χ0v) is 7.97. The summed E-state index contributed by atoms with van der Waals surface area (Å²) in [5, 5.41) is 0. The molecule has 2 atom stereocenters. The van der Waals surface area contributed by atoms with Gasteiger partial charge in [-0.25, -0.2) is 0 Å². The largest absolute Gasteiger partial charge is 0.0996 e. The molecule has 4 aliphatic carbocycles. The van der Waals surface area contributed by atoms with Crippen LogP contribution < -0.4 is 0 Å².